The number of hydrogen-bond donors (Lipinski definition) is 3. The lowest BCUT2D eigenvalue weighted by atomic mass is 9.81. The molecule has 0 amide bonds. The molecule has 0 saturated heterocycles. The molecule has 1 saturated carbocycles. The zero-order valence-electron chi connectivity index (χ0n) is 23.3. The number of aromatic nitrogens is 1. The molecule has 1 aliphatic rings. The van der Waals surface area contributed by atoms with Crippen LogP contribution in [0.2, 0.25) is 5.02 Å². The van der Waals surface area contributed by atoms with Crippen molar-refractivity contribution in [2.24, 2.45) is 11.8 Å². The van der Waals surface area contributed by atoms with E-state index >= 15 is 0 Å². The Morgan fingerprint density at radius 3 is 2.38 bits per heavy atom. The molecular formula is C31H39ClN2O6. The topological polar surface area (TPSA) is 104 Å². The minimum atomic E-state index is -0.684. The van der Waals surface area contributed by atoms with Gasteiger partial charge in [0.1, 0.15) is 6.61 Å². The molecule has 40 heavy (non-hydrogen) atoms. The molecule has 0 bridgehead atoms. The first-order valence-corrected chi connectivity index (χ1v) is 14.1. The summed E-state index contributed by atoms with van der Waals surface area (Å²) in [5.41, 5.74) is 3.30. The number of hydrogen-bond acceptors (Lipinski definition) is 6. The number of benzene rings is 2. The van der Waals surface area contributed by atoms with Crippen molar-refractivity contribution in [3.63, 3.8) is 0 Å². The highest BCUT2D eigenvalue weighted by Crippen LogP contribution is 2.35. The van der Waals surface area contributed by atoms with Crippen LogP contribution in [-0.4, -0.2) is 51.0 Å². The van der Waals surface area contributed by atoms with E-state index in [0.29, 0.717) is 24.0 Å². The van der Waals surface area contributed by atoms with E-state index in [4.69, 9.17) is 21.1 Å². The molecule has 9 heteroatoms. The lowest BCUT2D eigenvalue weighted by molar-refractivity contribution is -0.143. The maximum Gasteiger partial charge on any atom is 0.306 e. The van der Waals surface area contributed by atoms with Gasteiger partial charge in [-0.05, 0) is 80.3 Å². The first kappa shape index (κ1) is 29.6. The van der Waals surface area contributed by atoms with Gasteiger partial charge >= 0.3 is 5.97 Å². The lowest BCUT2D eigenvalue weighted by Crippen LogP contribution is -2.34. The summed E-state index contributed by atoms with van der Waals surface area (Å²) in [6, 6.07) is 15.0. The summed E-state index contributed by atoms with van der Waals surface area (Å²) >= 11 is 6.30. The van der Waals surface area contributed by atoms with Gasteiger partial charge < -0.3 is 24.8 Å². The Labute approximate surface area is 240 Å². The van der Waals surface area contributed by atoms with Crippen LogP contribution in [-0.2, 0) is 17.9 Å². The molecule has 1 aliphatic carbocycles. The molecule has 1 unspecified atom stereocenters. The third-order valence-corrected chi connectivity index (χ3v) is 8.45. The SMILES string of the molecule is COc1cc(CN(CC2CCC(C(=O)O)CC2)C(C)c2ccc(Cl)c(C)c2)ccc1OCCn1c(O)ccc1O. The second-order valence-electron chi connectivity index (χ2n) is 10.7. The molecule has 1 fully saturated rings. The fourth-order valence-electron chi connectivity index (χ4n) is 5.51. The zero-order chi connectivity index (χ0) is 28.8. The third-order valence-electron chi connectivity index (χ3n) is 8.02. The molecule has 1 aromatic heterocycles. The van der Waals surface area contributed by atoms with Gasteiger partial charge in [0.05, 0.1) is 19.6 Å². The van der Waals surface area contributed by atoms with Crippen LogP contribution in [0.4, 0.5) is 0 Å². The van der Waals surface area contributed by atoms with Gasteiger partial charge in [0, 0.05) is 36.3 Å². The number of halogens is 1. The second-order valence-corrected chi connectivity index (χ2v) is 11.1. The Kier molecular flexibility index (Phi) is 9.87. The van der Waals surface area contributed by atoms with Gasteiger partial charge in [-0.2, -0.15) is 0 Å². The number of ether oxygens (including phenoxy) is 2. The highest BCUT2D eigenvalue weighted by Gasteiger charge is 2.29. The average Bonchev–Trinajstić information content (AvgIpc) is 3.27. The summed E-state index contributed by atoms with van der Waals surface area (Å²) in [5.74, 6) is 0.653. The maximum absolute atomic E-state index is 11.5. The normalized spacial score (nSPS) is 18.0. The molecular weight excluding hydrogens is 532 g/mol. The monoisotopic (exact) mass is 570 g/mol. The largest absolute Gasteiger partial charge is 0.494 e. The van der Waals surface area contributed by atoms with E-state index in [1.807, 2.05) is 31.2 Å². The zero-order valence-corrected chi connectivity index (χ0v) is 24.1. The van der Waals surface area contributed by atoms with Crippen molar-refractivity contribution >= 4 is 17.6 Å². The summed E-state index contributed by atoms with van der Waals surface area (Å²) in [7, 11) is 1.60. The highest BCUT2D eigenvalue weighted by molar-refractivity contribution is 6.31. The summed E-state index contributed by atoms with van der Waals surface area (Å²) in [5, 5.41) is 29.9. The highest BCUT2D eigenvalue weighted by atomic mass is 35.5. The van der Waals surface area contributed by atoms with E-state index in [1.54, 1.807) is 7.11 Å². The van der Waals surface area contributed by atoms with Crippen LogP contribution in [0.3, 0.4) is 0 Å². The van der Waals surface area contributed by atoms with Gasteiger partial charge in [-0.25, -0.2) is 0 Å². The third kappa shape index (κ3) is 7.23. The van der Waals surface area contributed by atoms with Crippen LogP contribution in [0, 0.1) is 18.8 Å². The molecule has 2 aromatic carbocycles. The molecule has 1 heterocycles. The van der Waals surface area contributed by atoms with Crippen LogP contribution < -0.4 is 9.47 Å². The number of methoxy groups -OCH3 is 1. The maximum atomic E-state index is 11.5. The van der Waals surface area contributed by atoms with Gasteiger partial charge in [0.25, 0.3) is 0 Å². The number of rotatable bonds is 12. The van der Waals surface area contributed by atoms with Gasteiger partial charge in [-0.1, -0.05) is 29.8 Å². The van der Waals surface area contributed by atoms with Crippen molar-refractivity contribution in [3.05, 3.63) is 70.2 Å². The van der Waals surface area contributed by atoms with E-state index in [-0.39, 0.29) is 36.9 Å². The fourth-order valence-corrected chi connectivity index (χ4v) is 5.63. The molecule has 1 atom stereocenters. The minimum absolute atomic E-state index is 0.0232. The van der Waals surface area contributed by atoms with Gasteiger partial charge in [-0.15, -0.1) is 0 Å². The Morgan fingerprint density at radius 1 is 1.05 bits per heavy atom. The van der Waals surface area contributed by atoms with E-state index in [9.17, 15) is 20.1 Å². The number of aromatic hydroxyl groups is 2. The van der Waals surface area contributed by atoms with E-state index in [0.717, 1.165) is 48.4 Å². The van der Waals surface area contributed by atoms with Crippen molar-refractivity contribution in [1.29, 1.82) is 0 Å². The Bertz CT molecular complexity index is 1280. The van der Waals surface area contributed by atoms with Crippen molar-refractivity contribution in [3.8, 4) is 23.3 Å². The molecule has 3 aromatic rings. The Balaban J connectivity index is 1.48. The van der Waals surface area contributed by atoms with Crippen LogP contribution in [0.15, 0.2) is 48.5 Å². The number of aryl methyl sites for hydroxylation is 1. The predicted octanol–water partition coefficient (Wildman–Crippen LogP) is 6.40. The van der Waals surface area contributed by atoms with Gasteiger partial charge in [0.2, 0.25) is 0 Å². The quantitative estimate of drug-likeness (QED) is 0.231. The molecule has 0 aliphatic heterocycles. The van der Waals surface area contributed by atoms with Crippen molar-refractivity contribution in [2.75, 3.05) is 20.3 Å². The van der Waals surface area contributed by atoms with Crippen molar-refractivity contribution < 1.29 is 29.6 Å². The molecule has 4 rings (SSSR count). The molecule has 3 N–H and O–H groups in total. The summed E-state index contributed by atoms with van der Waals surface area (Å²) < 4.78 is 12.9. The van der Waals surface area contributed by atoms with E-state index in [2.05, 4.69) is 24.0 Å². The Morgan fingerprint density at radius 2 is 1.75 bits per heavy atom. The lowest BCUT2D eigenvalue weighted by Gasteiger charge is -2.35. The van der Waals surface area contributed by atoms with Crippen LogP contribution in [0.1, 0.15) is 55.3 Å². The van der Waals surface area contributed by atoms with Gasteiger partial charge in [-0.3, -0.25) is 14.3 Å². The smallest absolute Gasteiger partial charge is 0.306 e. The number of aliphatic carboxylic acids is 1. The van der Waals surface area contributed by atoms with Crippen LogP contribution >= 0.6 is 11.6 Å². The fraction of sp³-hybridized carbons (Fsp3) is 0.452. The number of carboxylic acid groups (broad SMARTS) is 1. The van der Waals surface area contributed by atoms with Crippen molar-refractivity contribution in [2.45, 2.75) is 58.7 Å². The van der Waals surface area contributed by atoms with Crippen LogP contribution in [0.5, 0.6) is 23.3 Å². The molecule has 0 radical (unpaired) electrons. The van der Waals surface area contributed by atoms with Crippen LogP contribution in [0.25, 0.3) is 0 Å². The minimum Gasteiger partial charge on any atom is -0.494 e. The molecule has 8 nitrogen and oxygen atoms in total. The van der Waals surface area contributed by atoms with Gasteiger partial charge in [0.15, 0.2) is 23.3 Å². The first-order valence-electron chi connectivity index (χ1n) is 13.8. The summed E-state index contributed by atoms with van der Waals surface area (Å²) in [4.78, 5) is 13.9. The van der Waals surface area contributed by atoms with E-state index < -0.39 is 5.97 Å². The van der Waals surface area contributed by atoms with Crippen molar-refractivity contribution in [1.82, 2.24) is 9.47 Å². The Hall–Kier alpha value is -3.36. The summed E-state index contributed by atoms with van der Waals surface area (Å²) in [6.45, 7) is 6.28. The second kappa shape index (κ2) is 13.3. The number of carboxylic acids is 1. The van der Waals surface area contributed by atoms with E-state index in [1.165, 1.54) is 22.3 Å². The standard InChI is InChI=1S/C31H39ClN2O6/c1-20-16-25(9-10-26(20)32)21(2)33(18-22-4-7-24(8-5-22)31(37)38)19-23-6-11-27(28(17-23)39-3)40-15-14-34-29(35)12-13-30(34)36/h6,9-13,16-17,21-22,24,35-36H,4-5,7-8,14-15,18-19H2,1-3H3,(H,37,38). The molecule has 216 valence electrons. The average molecular weight is 571 g/mol. The number of carbonyl (C=O) groups is 1. The number of nitrogens with zero attached hydrogens (tertiary/aromatic N) is 2. The summed E-state index contributed by atoms with van der Waals surface area (Å²) in [6.07, 6.45) is 3.26. The first-order chi connectivity index (χ1) is 19.2. The molecule has 0 spiro atoms. The predicted molar refractivity (Wildman–Crippen MR) is 154 cm³/mol.